The van der Waals surface area contributed by atoms with Crippen LogP contribution in [0.25, 0.3) is 10.9 Å². The molecule has 0 bridgehead atoms. The summed E-state index contributed by atoms with van der Waals surface area (Å²) in [5.41, 5.74) is 3.86. The van der Waals surface area contributed by atoms with Crippen LogP contribution in [0.4, 0.5) is 0 Å². The lowest BCUT2D eigenvalue weighted by molar-refractivity contribution is -0.128. The molecule has 2 aliphatic heterocycles. The highest BCUT2D eigenvalue weighted by molar-refractivity contribution is 8.01. The first kappa shape index (κ1) is 22.2. The fourth-order valence-corrected chi connectivity index (χ4v) is 6.61. The number of carbonyl (C=O) groups excluding carboxylic acids is 1. The summed E-state index contributed by atoms with van der Waals surface area (Å²) < 4.78 is 6.12. The molecule has 0 radical (unpaired) electrons. The molecule has 0 spiro atoms. The summed E-state index contributed by atoms with van der Waals surface area (Å²) in [5, 5.41) is 11.8. The minimum atomic E-state index is -1.01. The Hall–Kier alpha value is -2.56. The predicted molar refractivity (Wildman–Crippen MR) is 128 cm³/mol. The van der Waals surface area contributed by atoms with Crippen LogP contribution in [0.5, 0.6) is 5.75 Å². The van der Waals surface area contributed by atoms with Crippen molar-refractivity contribution in [1.82, 2.24) is 19.8 Å². The molecule has 5 rings (SSSR count). The van der Waals surface area contributed by atoms with Gasteiger partial charge in [0.25, 0.3) is 0 Å². The molecule has 1 atom stereocenters. The quantitative estimate of drug-likeness (QED) is 0.471. The number of benzene rings is 1. The highest BCUT2D eigenvalue weighted by Gasteiger charge is 2.33. The van der Waals surface area contributed by atoms with Crippen LogP contribution in [0.3, 0.4) is 0 Å². The number of nitrogens with one attached hydrogen (secondary N) is 1. The Morgan fingerprint density at radius 3 is 3.06 bits per heavy atom. The van der Waals surface area contributed by atoms with Crippen molar-refractivity contribution in [2.45, 2.75) is 36.2 Å². The highest BCUT2D eigenvalue weighted by atomic mass is 32.2. The van der Waals surface area contributed by atoms with Gasteiger partial charge >= 0.3 is 5.97 Å². The van der Waals surface area contributed by atoms with E-state index in [0.717, 1.165) is 48.1 Å². The van der Waals surface area contributed by atoms with Crippen LogP contribution in [0.1, 0.15) is 34.6 Å². The van der Waals surface area contributed by atoms with E-state index < -0.39 is 5.97 Å². The molecule has 1 amide bonds. The first-order chi connectivity index (χ1) is 16.0. The number of methoxy groups -OCH3 is 1. The molecule has 1 aromatic carbocycles. The normalized spacial score (nSPS) is 18.8. The summed E-state index contributed by atoms with van der Waals surface area (Å²) >= 11 is 2.85. The predicted octanol–water partition coefficient (Wildman–Crippen LogP) is 3.47. The number of thioether (sulfide) groups is 1. The van der Waals surface area contributed by atoms with E-state index in [2.05, 4.69) is 27.0 Å². The number of fused-ring (bicyclic) bond motifs is 3. The van der Waals surface area contributed by atoms with Crippen molar-refractivity contribution >= 4 is 45.9 Å². The Morgan fingerprint density at radius 2 is 2.27 bits per heavy atom. The number of H-pyrrole nitrogens is 1. The fraction of sp³-hybridized carbons (Fsp3) is 0.435. The average molecular weight is 487 g/mol. The Balaban J connectivity index is 1.19. The number of amides is 1. The van der Waals surface area contributed by atoms with Crippen molar-refractivity contribution in [3.05, 3.63) is 40.5 Å². The van der Waals surface area contributed by atoms with E-state index in [1.54, 1.807) is 12.5 Å². The van der Waals surface area contributed by atoms with Gasteiger partial charge in [-0.05, 0) is 36.6 Å². The largest absolute Gasteiger partial charge is 0.497 e. The zero-order valence-electron chi connectivity index (χ0n) is 18.4. The number of rotatable bonds is 8. The minimum Gasteiger partial charge on any atom is -0.497 e. The molecule has 3 aromatic rings. The van der Waals surface area contributed by atoms with Crippen molar-refractivity contribution in [2.24, 2.45) is 0 Å². The maximum atomic E-state index is 12.5. The monoisotopic (exact) mass is 486 g/mol. The molecule has 0 saturated carbocycles. The number of carboxylic acids is 1. The van der Waals surface area contributed by atoms with Crippen LogP contribution in [-0.2, 0) is 17.8 Å². The Labute approximate surface area is 199 Å². The van der Waals surface area contributed by atoms with Gasteiger partial charge in [-0.1, -0.05) is 11.8 Å². The number of likely N-dealkylation sites (tertiary alicyclic amines) is 1. The Kier molecular flexibility index (Phi) is 6.31. The van der Waals surface area contributed by atoms with Crippen LogP contribution >= 0.6 is 23.1 Å². The second kappa shape index (κ2) is 9.36. The highest BCUT2D eigenvalue weighted by Crippen LogP contribution is 2.31. The van der Waals surface area contributed by atoms with Crippen LogP contribution in [0.15, 0.2) is 27.9 Å². The van der Waals surface area contributed by atoms with E-state index in [1.165, 1.54) is 39.7 Å². The van der Waals surface area contributed by atoms with Crippen molar-refractivity contribution < 1.29 is 19.4 Å². The van der Waals surface area contributed by atoms with E-state index in [4.69, 9.17) is 9.84 Å². The van der Waals surface area contributed by atoms with Crippen LogP contribution in [0, 0.1) is 0 Å². The summed E-state index contributed by atoms with van der Waals surface area (Å²) in [4.78, 5) is 35.7. The standard InChI is InChI=1S/C23H26N4O4S2/c1-31-15-3-4-18-17(10-15)16-6-7-26(12-19(16)24-18)11-14-2-5-21(28)27(14)8-9-32-23-25-20(13-33-23)22(29)30/h3-4,10,13-14,24H,2,5-9,11-12H2,1H3,(H,29,30)/t14-/m1/s1. The molecule has 0 aliphatic carbocycles. The lowest BCUT2D eigenvalue weighted by Crippen LogP contribution is -2.44. The van der Waals surface area contributed by atoms with Gasteiger partial charge in [-0.15, -0.1) is 11.3 Å². The van der Waals surface area contributed by atoms with E-state index in [1.807, 2.05) is 11.0 Å². The van der Waals surface area contributed by atoms with Crippen molar-refractivity contribution in [3.8, 4) is 5.75 Å². The van der Waals surface area contributed by atoms with E-state index in [9.17, 15) is 9.59 Å². The summed E-state index contributed by atoms with van der Waals surface area (Å²) in [6.45, 7) is 3.36. The van der Waals surface area contributed by atoms with Gasteiger partial charge in [0.1, 0.15) is 5.75 Å². The summed E-state index contributed by atoms with van der Waals surface area (Å²) in [5.74, 6) is 0.790. The van der Waals surface area contributed by atoms with E-state index in [0.29, 0.717) is 18.7 Å². The van der Waals surface area contributed by atoms with E-state index in [-0.39, 0.29) is 17.6 Å². The van der Waals surface area contributed by atoms with Crippen LogP contribution < -0.4 is 4.74 Å². The first-order valence-corrected chi connectivity index (χ1v) is 12.9. The number of hydrogen-bond acceptors (Lipinski definition) is 7. The molecule has 1 fully saturated rings. The van der Waals surface area contributed by atoms with Gasteiger partial charge in [0, 0.05) is 66.4 Å². The topological polar surface area (TPSA) is 98.8 Å². The van der Waals surface area contributed by atoms with Gasteiger partial charge < -0.3 is 19.7 Å². The average Bonchev–Trinajstić information content (AvgIpc) is 3.51. The van der Waals surface area contributed by atoms with Crippen molar-refractivity contribution in [1.29, 1.82) is 0 Å². The third-order valence-electron chi connectivity index (χ3n) is 6.44. The number of carbonyl (C=O) groups is 2. The third-order valence-corrected chi connectivity index (χ3v) is 8.44. The molecule has 8 nitrogen and oxygen atoms in total. The van der Waals surface area contributed by atoms with Gasteiger partial charge in [0.2, 0.25) is 5.91 Å². The molecule has 4 heterocycles. The number of thiazole rings is 1. The molecule has 10 heteroatoms. The molecule has 2 aliphatic rings. The summed E-state index contributed by atoms with van der Waals surface area (Å²) in [6.07, 6.45) is 2.47. The number of aromatic nitrogens is 2. The number of carboxylic acid groups (broad SMARTS) is 1. The lowest BCUT2D eigenvalue weighted by Gasteiger charge is -2.33. The Bertz CT molecular complexity index is 1190. The maximum absolute atomic E-state index is 12.5. The van der Waals surface area contributed by atoms with Crippen LogP contribution in [0.2, 0.25) is 0 Å². The third kappa shape index (κ3) is 4.60. The number of aromatic carboxylic acids is 1. The van der Waals surface area contributed by atoms with Gasteiger partial charge in [-0.3, -0.25) is 9.69 Å². The maximum Gasteiger partial charge on any atom is 0.355 e. The molecule has 174 valence electrons. The van der Waals surface area contributed by atoms with Gasteiger partial charge in [0.05, 0.1) is 7.11 Å². The molecule has 33 heavy (non-hydrogen) atoms. The zero-order chi connectivity index (χ0) is 22.9. The number of hydrogen-bond donors (Lipinski definition) is 2. The number of aromatic amines is 1. The van der Waals surface area contributed by atoms with Gasteiger partial charge in [0.15, 0.2) is 10.0 Å². The minimum absolute atomic E-state index is 0.0810. The summed E-state index contributed by atoms with van der Waals surface area (Å²) in [6, 6.07) is 6.39. The SMILES string of the molecule is COc1ccc2[nH]c3c(c2c1)CCN(C[C@H]1CCC(=O)N1CCSc1nc(C(=O)O)cs1)C3. The smallest absolute Gasteiger partial charge is 0.355 e. The fourth-order valence-electron chi connectivity index (χ4n) is 4.80. The van der Waals surface area contributed by atoms with Crippen LogP contribution in [-0.4, -0.2) is 75.3 Å². The molecule has 1 saturated heterocycles. The molecule has 2 N–H and O–H groups in total. The summed E-state index contributed by atoms with van der Waals surface area (Å²) in [7, 11) is 1.69. The van der Waals surface area contributed by atoms with Gasteiger partial charge in [-0.25, -0.2) is 9.78 Å². The van der Waals surface area contributed by atoms with Crippen molar-refractivity contribution in [3.63, 3.8) is 0 Å². The molecule has 2 aromatic heterocycles. The van der Waals surface area contributed by atoms with Crippen molar-refractivity contribution in [2.75, 3.05) is 32.5 Å². The lowest BCUT2D eigenvalue weighted by atomic mass is 10.0. The number of nitrogens with zero attached hydrogens (tertiary/aromatic N) is 3. The molecular weight excluding hydrogens is 460 g/mol. The zero-order valence-corrected chi connectivity index (χ0v) is 20.0. The molecule has 0 unspecified atom stereocenters. The first-order valence-electron chi connectivity index (χ1n) is 11.0. The number of ether oxygens (including phenoxy) is 1. The van der Waals surface area contributed by atoms with Gasteiger partial charge in [-0.2, -0.15) is 0 Å². The molecular formula is C23H26N4O4S2. The Morgan fingerprint density at radius 1 is 1.39 bits per heavy atom. The van der Waals surface area contributed by atoms with E-state index >= 15 is 0 Å². The second-order valence-corrected chi connectivity index (χ2v) is 10.6. The second-order valence-electron chi connectivity index (χ2n) is 8.41.